The Morgan fingerprint density at radius 3 is 2.52 bits per heavy atom. The molecule has 1 aromatic heterocycles. The number of aryl methyl sites for hydroxylation is 1. The van der Waals surface area contributed by atoms with E-state index in [-0.39, 0.29) is 30.7 Å². The number of piperidine rings is 1. The Bertz CT molecular complexity index is 768. The summed E-state index contributed by atoms with van der Waals surface area (Å²) in [6.07, 6.45) is 1.72. The van der Waals surface area contributed by atoms with Crippen LogP contribution in [0, 0.1) is 12.8 Å². The van der Waals surface area contributed by atoms with Gasteiger partial charge in [0.2, 0.25) is 5.91 Å². The van der Waals surface area contributed by atoms with Crippen LogP contribution in [0.4, 0.5) is 0 Å². The van der Waals surface area contributed by atoms with Crippen LogP contribution >= 0.6 is 0 Å². The monoisotopic (exact) mass is 377 g/mol. The van der Waals surface area contributed by atoms with Gasteiger partial charge in [0.1, 0.15) is 5.69 Å². The topological polar surface area (TPSA) is 111 Å². The normalized spacial score (nSPS) is 16.9. The van der Waals surface area contributed by atoms with Crippen molar-refractivity contribution in [2.45, 2.75) is 40.0 Å². The van der Waals surface area contributed by atoms with Crippen molar-refractivity contribution in [2.75, 3.05) is 26.7 Å². The van der Waals surface area contributed by atoms with Gasteiger partial charge in [0.15, 0.2) is 5.78 Å². The maximum absolute atomic E-state index is 12.8. The predicted octanol–water partition coefficient (Wildman–Crippen LogP) is 1.48. The average molecular weight is 377 g/mol. The van der Waals surface area contributed by atoms with E-state index in [1.807, 2.05) is 6.92 Å². The molecule has 0 radical (unpaired) electrons. The van der Waals surface area contributed by atoms with Gasteiger partial charge >= 0.3 is 5.97 Å². The lowest BCUT2D eigenvalue weighted by Gasteiger charge is -2.32. The lowest BCUT2D eigenvalue weighted by atomic mass is 9.98. The number of likely N-dealkylation sites (tertiary alicyclic amines) is 1. The summed E-state index contributed by atoms with van der Waals surface area (Å²) in [5.74, 6) is -2.19. The standard InChI is InChI=1S/C19H27N3O5/c1-5-14-16(12(3)23)11(2)20-17(14)18(25)21(4)10-15(24)22-8-6-7-13(9-22)19(26)27/h13,20H,5-10H2,1-4H3,(H,26,27). The van der Waals surface area contributed by atoms with Crippen LogP contribution in [-0.2, 0) is 16.0 Å². The van der Waals surface area contributed by atoms with Gasteiger partial charge in [-0.2, -0.15) is 0 Å². The third kappa shape index (κ3) is 4.37. The number of carbonyl (C=O) groups excluding carboxylic acids is 3. The van der Waals surface area contributed by atoms with Gasteiger partial charge in [-0.05, 0) is 38.7 Å². The fourth-order valence-electron chi connectivity index (χ4n) is 3.66. The number of aromatic amines is 1. The van der Waals surface area contributed by atoms with Crippen molar-refractivity contribution < 1.29 is 24.3 Å². The smallest absolute Gasteiger partial charge is 0.308 e. The first-order chi connectivity index (χ1) is 12.7. The highest BCUT2D eigenvalue weighted by Gasteiger charge is 2.30. The molecule has 27 heavy (non-hydrogen) atoms. The molecule has 2 amide bonds. The van der Waals surface area contributed by atoms with Crippen LogP contribution in [0.2, 0.25) is 0 Å². The number of nitrogens with one attached hydrogen (secondary N) is 1. The first kappa shape index (κ1) is 20.7. The first-order valence-corrected chi connectivity index (χ1v) is 9.15. The summed E-state index contributed by atoms with van der Waals surface area (Å²) < 4.78 is 0. The zero-order valence-electron chi connectivity index (χ0n) is 16.3. The molecule has 0 aromatic carbocycles. The van der Waals surface area contributed by atoms with Crippen molar-refractivity contribution in [1.82, 2.24) is 14.8 Å². The Balaban J connectivity index is 2.12. The zero-order chi connectivity index (χ0) is 20.3. The second-order valence-electron chi connectivity index (χ2n) is 7.07. The number of aromatic nitrogens is 1. The van der Waals surface area contributed by atoms with Gasteiger partial charge in [-0.1, -0.05) is 6.92 Å². The van der Waals surface area contributed by atoms with Gasteiger partial charge in [0, 0.05) is 31.4 Å². The molecular weight excluding hydrogens is 350 g/mol. The van der Waals surface area contributed by atoms with Gasteiger partial charge in [0.05, 0.1) is 12.5 Å². The van der Waals surface area contributed by atoms with Crippen LogP contribution < -0.4 is 0 Å². The van der Waals surface area contributed by atoms with E-state index in [9.17, 15) is 19.2 Å². The molecular formula is C19H27N3O5. The van der Waals surface area contributed by atoms with Crippen LogP contribution in [0.5, 0.6) is 0 Å². The van der Waals surface area contributed by atoms with Gasteiger partial charge < -0.3 is 19.9 Å². The number of rotatable bonds is 6. The molecule has 1 fully saturated rings. The summed E-state index contributed by atoms with van der Waals surface area (Å²) >= 11 is 0. The van der Waals surface area contributed by atoms with Crippen LogP contribution in [0.1, 0.15) is 58.8 Å². The number of carboxylic acids is 1. The average Bonchev–Trinajstić information content (AvgIpc) is 2.97. The molecule has 8 nitrogen and oxygen atoms in total. The Hall–Kier alpha value is -2.64. The summed E-state index contributed by atoms with van der Waals surface area (Å²) in [4.78, 5) is 54.2. The van der Waals surface area contributed by atoms with E-state index in [0.29, 0.717) is 48.3 Å². The highest BCUT2D eigenvalue weighted by Crippen LogP contribution is 2.22. The van der Waals surface area contributed by atoms with E-state index in [4.69, 9.17) is 5.11 Å². The maximum Gasteiger partial charge on any atom is 0.308 e. The van der Waals surface area contributed by atoms with Crippen molar-refractivity contribution in [1.29, 1.82) is 0 Å². The molecule has 1 aromatic rings. The van der Waals surface area contributed by atoms with Crippen LogP contribution in [-0.4, -0.2) is 70.1 Å². The molecule has 2 N–H and O–H groups in total. The number of nitrogens with zero attached hydrogens (tertiary/aromatic N) is 2. The number of ketones is 1. The molecule has 1 aliphatic rings. The number of aliphatic carboxylic acids is 1. The van der Waals surface area contributed by atoms with Gasteiger partial charge in [-0.25, -0.2) is 0 Å². The number of H-pyrrole nitrogens is 1. The van der Waals surface area contributed by atoms with Crippen molar-refractivity contribution in [3.8, 4) is 0 Å². The van der Waals surface area contributed by atoms with E-state index < -0.39 is 11.9 Å². The quantitative estimate of drug-likeness (QED) is 0.730. The fraction of sp³-hybridized carbons (Fsp3) is 0.579. The van der Waals surface area contributed by atoms with E-state index in [1.165, 1.54) is 23.8 Å². The molecule has 1 unspecified atom stereocenters. The number of hydrogen-bond acceptors (Lipinski definition) is 4. The maximum atomic E-state index is 12.8. The minimum absolute atomic E-state index is 0.105. The summed E-state index contributed by atoms with van der Waals surface area (Å²) in [5.41, 5.74) is 2.16. The van der Waals surface area contributed by atoms with Crippen LogP contribution in [0.15, 0.2) is 0 Å². The zero-order valence-corrected chi connectivity index (χ0v) is 16.3. The van der Waals surface area contributed by atoms with E-state index in [0.717, 1.165) is 0 Å². The third-order valence-electron chi connectivity index (χ3n) is 5.05. The molecule has 1 aliphatic heterocycles. The Kier molecular flexibility index (Phi) is 6.41. The van der Waals surface area contributed by atoms with Crippen molar-refractivity contribution >= 4 is 23.6 Å². The van der Waals surface area contributed by atoms with Crippen molar-refractivity contribution in [2.24, 2.45) is 5.92 Å². The van der Waals surface area contributed by atoms with Crippen LogP contribution in [0.3, 0.4) is 0 Å². The molecule has 0 saturated carbocycles. The van der Waals surface area contributed by atoms with E-state index in [2.05, 4.69) is 4.98 Å². The highest BCUT2D eigenvalue weighted by atomic mass is 16.4. The number of likely N-dealkylation sites (N-methyl/N-ethyl adjacent to an activating group) is 1. The molecule has 148 valence electrons. The lowest BCUT2D eigenvalue weighted by Crippen LogP contribution is -2.47. The van der Waals surface area contributed by atoms with Crippen molar-refractivity contribution in [3.63, 3.8) is 0 Å². The molecule has 8 heteroatoms. The second-order valence-corrected chi connectivity index (χ2v) is 7.07. The molecule has 0 bridgehead atoms. The van der Waals surface area contributed by atoms with Crippen LogP contribution in [0.25, 0.3) is 0 Å². The number of carbonyl (C=O) groups is 4. The molecule has 2 rings (SSSR count). The van der Waals surface area contributed by atoms with Gasteiger partial charge in [-0.3, -0.25) is 19.2 Å². The number of amides is 2. The molecule has 0 spiro atoms. The molecule has 1 atom stereocenters. The number of carboxylic acid groups (broad SMARTS) is 1. The van der Waals surface area contributed by atoms with E-state index >= 15 is 0 Å². The number of hydrogen-bond donors (Lipinski definition) is 2. The molecule has 1 saturated heterocycles. The molecule has 0 aliphatic carbocycles. The van der Waals surface area contributed by atoms with E-state index in [1.54, 1.807) is 6.92 Å². The summed E-state index contributed by atoms with van der Waals surface area (Å²) in [6.45, 7) is 5.62. The SMILES string of the molecule is CCc1c(C(=O)N(C)CC(=O)N2CCCC(C(=O)O)C2)[nH]c(C)c1C(C)=O. The fourth-order valence-corrected chi connectivity index (χ4v) is 3.66. The minimum atomic E-state index is -0.900. The second kappa shape index (κ2) is 8.37. The predicted molar refractivity (Wildman–Crippen MR) is 98.8 cm³/mol. The van der Waals surface area contributed by atoms with Crippen molar-refractivity contribution in [3.05, 3.63) is 22.5 Å². The van der Waals surface area contributed by atoms with Gasteiger partial charge in [0.25, 0.3) is 5.91 Å². The third-order valence-corrected chi connectivity index (χ3v) is 5.05. The number of Topliss-reactive ketones (excluding diaryl/α,β-unsaturated/α-hetero) is 1. The summed E-state index contributed by atoms with van der Waals surface area (Å²) in [5, 5.41) is 9.15. The largest absolute Gasteiger partial charge is 0.481 e. The summed E-state index contributed by atoms with van der Waals surface area (Å²) in [7, 11) is 1.53. The molecule has 2 heterocycles. The minimum Gasteiger partial charge on any atom is -0.481 e. The van der Waals surface area contributed by atoms with Gasteiger partial charge in [-0.15, -0.1) is 0 Å². The lowest BCUT2D eigenvalue weighted by molar-refractivity contribution is -0.145. The summed E-state index contributed by atoms with van der Waals surface area (Å²) in [6, 6.07) is 0. The highest BCUT2D eigenvalue weighted by molar-refractivity contribution is 6.03. The first-order valence-electron chi connectivity index (χ1n) is 9.15. The Morgan fingerprint density at radius 1 is 1.30 bits per heavy atom. The Morgan fingerprint density at radius 2 is 1.96 bits per heavy atom. The Labute approximate surface area is 158 Å².